The second kappa shape index (κ2) is 5.67. The largest absolute Gasteiger partial charge is 0.481 e. The fraction of sp³-hybridized carbons (Fsp3) is 0.833. The van der Waals surface area contributed by atoms with Crippen molar-refractivity contribution < 1.29 is 19.4 Å². The molecule has 0 aromatic rings. The second-order valence-electron chi connectivity index (χ2n) is 5.07. The van der Waals surface area contributed by atoms with Crippen molar-refractivity contribution in [3.63, 3.8) is 0 Å². The summed E-state index contributed by atoms with van der Waals surface area (Å²) < 4.78 is 5.27. The number of nitrogens with one attached hydrogen (secondary N) is 1. The first kappa shape index (κ1) is 13.3. The van der Waals surface area contributed by atoms with E-state index < -0.39 is 5.97 Å². The number of carbonyl (C=O) groups excluding carboxylic acids is 1. The van der Waals surface area contributed by atoms with Crippen molar-refractivity contribution in [2.24, 2.45) is 11.8 Å². The molecule has 0 aromatic heterocycles. The van der Waals surface area contributed by atoms with Crippen molar-refractivity contribution in [2.75, 3.05) is 32.8 Å². The van der Waals surface area contributed by atoms with Crippen LogP contribution in [0.4, 0.5) is 0 Å². The molecular formula is C12H20N2O4. The zero-order valence-electron chi connectivity index (χ0n) is 10.6. The SMILES string of the molecule is CC(C(=O)N1CCOCC1CC(=O)O)C1CNC1. The number of morpholine rings is 1. The molecule has 2 N–H and O–H groups in total. The monoisotopic (exact) mass is 256 g/mol. The second-order valence-corrected chi connectivity index (χ2v) is 5.07. The lowest BCUT2D eigenvalue weighted by atomic mass is 9.87. The molecule has 0 bridgehead atoms. The molecule has 2 rings (SSSR count). The highest BCUT2D eigenvalue weighted by atomic mass is 16.5. The quantitative estimate of drug-likeness (QED) is 0.712. The minimum atomic E-state index is -0.888. The van der Waals surface area contributed by atoms with E-state index in [2.05, 4.69) is 5.32 Å². The predicted octanol–water partition coefficient (Wildman–Crippen LogP) is -0.456. The van der Waals surface area contributed by atoms with Crippen LogP contribution in [-0.2, 0) is 14.3 Å². The topological polar surface area (TPSA) is 78.9 Å². The molecule has 2 saturated heterocycles. The zero-order chi connectivity index (χ0) is 13.1. The number of hydrogen-bond acceptors (Lipinski definition) is 4. The summed E-state index contributed by atoms with van der Waals surface area (Å²) in [7, 11) is 0. The minimum absolute atomic E-state index is 0.0403. The first-order chi connectivity index (χ1) is 8.59. The summed E-state index contributed by atoms with van der Waals surface area (Å²) in [6.07, 6.45) is -0.0403. The van der Waals surface area contributed by atoms with Crippen LogP contribution in [0.3, 0.4) is 0 Å². The molecule has 2 fully saturated rings. The maximum atomic E-state index is 12.4. The molecule has 2 heterocycles. The van der Waals surface area contributed by atoms with Gasteiger partial charge in [0.2, 0.25) is 5.91 Å². The van der Waals surface area contributed by atoms with Gasteiger partial charge in [0.05, 0.1) is 25.7 Å². The van der Waals surface area contributed by atoms with E-state index in [0.29, 0.717) is 25.7 Å². The Morgan fingerprint density at radius 3 is 2.78 bits per heavy atom. The number of hydrogen-bond donors (Lipinski definition) is 2. The van der Waals surface area contributed by atoms with Crippen molar-refractivity contribution in [1.29, 1.82) is 0 Å². The molecule has 2 aliphatic rings. The maximum Gasteiger partial charge on any atom is 0.305 e. The standard InChI is InChI=1S/C12H20N2O4/c1-8(9-5-13-6-9)12(17)14-2-3-18-7-10(14)4-11(15)16/h8-10,13H,2-7H2,1H3,(H,15,16). The fourth-order valence-electron chi connectivity index (χ4n) is 2.44. The van der Waals surface area contributed by atoms with Crippen molar-refractivity contribution in [3.8, 4) is 0 Å². The molecule has 2 unspecified atom stereocenters. The van der Waals surface area contributed by atoms with E-state index >= 15 is 0 Å². The Kier molecular flexibility index (Phi) is 4.19. The Morgan fingerprint density at radius 2 is 2.22 bits per heavy atom. The van der Waals surface area contributed by atoms with E-state index in [-0.39, 0.29) is 24.3 Å². The van der Waals surface area contributed by atoms with Crippen LogP contribution in [0.2, 0.25) is 0 Å². The molecule has 1 amide bonds. The van der Waals surface area contributed by atoms with Gasteiger partial charge in [-0.15, -0.1) is 0 Å². The Bertz CT molecular complexity index is 330. The zero-order valence-corrected chi connectivity index (χ0v) is 10.6. The molecule has 0 radical (unpaired) electrons. The molecule has 0 spiro atoms. The Morgan fingerprint density at radius 1 is 1.50 bits per heavy atom. The number of nitrogens with zero attached hydrogens (tertiary/aromatic N) is 1. The van der Waals surface area contributed by atoms with Gasteiger partial charge in [0.1, 0.15) is 0 Å². The number of carboxylic acid groups (broad SMARTS) is 1. The lowest BCUT2D eigenvalue weighted by Crippen LogP contribution is -2.55. The first-order valence-corrected chi connectivity index (χ1v) is 6.40. The van der Waals surface area contributed by atoms with Gasteiger partial charge in [-0.05, 0) is 19.0 Å². The van der Waals surface area contributed by atoms with Crippen LogP contribution in [0.1, 0.15) is 13.3 Å². The van der Waals surface area contributed by atoms with E-state index in [1.165, 1.54) is 0 Å². The van der Waals surface area contributed by atoms with Gasteiger partial charge in [-0.2, -0.15) is 0 Å². The number of rotatable bonds is 4. The summed E-state index contributed by atoms with van der Waals surface area (Å²) >= 11 is 0. The normalized spacial score (nSPS) is 26.5. The van der Waals surface area contributed by atoms with Crippen LogP contribution in [0, 0.1) is 11.8 Å². The lowest BCUT2D eigenvalue weighted by molar-refractivity contribution is -0.150. The van der Waals surface area contributed by atoms with Gasteiger partial charge in [0.15, 0.2) is 0 Å². The third-order valence-electron chi connectivity index (χ3n) is 3.83. The molecule has 102 valence electrons. The summed E-state index contributed by atoms with van der Waals surface area (Å²) in [6.45, 7) is 5.01. The van der Waals surface area contributed by atoms with Crippen LogP contribution in [0.25, 0.3) is 0 Å². The van der Waals surface area contributed by atoms with Crippen molar-refractivity contribution >= 4 is 11.9 Å². The molecule has 6 heteroatoms. The van der Waals surface area contributed by atoms with Gasteiger partial charge in [-0.1, -0.05) is 6.92 Å². The molecule has 6 nitrogen and oxygen atoms in total. The Balaban J connectivity index is 1.98. The smallest absolute Gasteiger partial charge is 0.305 e. The minimum Gasteiger partial charge on any atom is -0.481 e. The first-order valence-electron chi connectivity index (χ1n) is 6.40. The van der Waals surface area contributed by atoms with Crippen LogP contribution in [0.15, 0.2) is 0 Å². The van der Waals surface area contributed by atoms with Gasteiger partial charge in [-0.3, -0.25) is 9.59 Å². The molecule has 18 heavy (non-hydrogen) atoms. The van der Waals surface area contributed by atoms with Crippen molar-refractivity contribution in [2.45, 2.75) is 19.4 Å². The number of ether oxygens (including phenoxy) is 1. The van der Waals surface area contributed by atoms with Crippen LogP contribution in [-0.4, -0.2) is 60.8 Å². The third kappa shape index (κ3) is 2.81. The number of amides is 1. The summed E-state index contributed by atoms with van der Waals surface area (Å²) in [5.41, 5.74) is 0. The van der Waals surface area contributed by atoms with Crippen molar-refractivity contribution in [1.82, 2.24) is 10.2 Å². The van der Waals surface area contributed by atoms with Crippen LogP contribution >= 0.6 is 0 Å². The average Bonchev–Trinajstić information content (AvgIpc) is 2.25. The van der Waals surface area contributed by atoms with E-state index in [4.69, 9.17) is 9.84 Å². The molecule has 2 atom stereocenters. The average molecular weight is 256 g/mol. The third-order valence-corrected chi connectivity index (χ3v) is 3.83. The maximum absolute atomic E-state index is 12.4. The summed E-state index contributed by atoms with van der Waals surface area (Å²) in [5, 5.41) is 12.0. The van der Waals surface area contributed by atoms with Gasteiger partial charge >= 0.3 is 5.97 Å². The van der Waals surface area contributed by atoms with Gasteiger partial charge in [-0.25, -0.2) is 0 Å². The molecule has 2 aliphatic heterocycles. The van der Waals surface area contributed by atoms with Crippen LogP contribution in [0.5, 0.6) is 0 Å². The number of aliphatic carboxylic acids is 1. The summed E-state index contributed by atoms with van der Waals surface area (Å²) in [4.78, 5) is 24.9. The lowest BCUT2D eigenvalue weighted by Gasteiger charge is -2.40. The number of carboxylic acids is 1. The van der Waals surface area contributed by atoms with E-state index in [9.17, 15) is 9.59 Å². The molecule has 0 aromatic carbocycles. The highest BCUT2D eigenvalue weighted by molar-refractivity contribution is 5.80. The van der Waals surface area contributed by atoms with Gasteiger partial charge < -0.3 is 20.1 Å². The molecule has 0 saturated carbocycles. The summed E-state index contributed by atoms with van der Waals surface area (Å²) in [5.74, 6) is -0.483. The van der Waals surface area contributed by atoms with E-state index in [1.807, 2.05) is 6.92 Å². The van der Waals surface area contributed by atoms with E-state index in [1.54, 1.807) is 4.90 Å². The van der Waals surface area contributed by atoms with Crippen molar-refractivity contribution in [3.05, 3.63) is 0 Å². The van der Waals surface area contributed by atoms with Gasteiger partial charge in [0.25, 0.3) is 0 Å². The highest BCUT2D eigenvalue weighted by Gasteiger charge is 2.36. The summed E-state index contributed by atoms with van der Waals surface area (Å²) in [6, 6.07) is -0.320. The Labute approximate surface area is 106 Å². The molecule has 0 aliphatic carbocycles. The van der Waals surface area contributed by atoms with E-state index in [0.717, 1.165) is 13.1 Å². The van der Waals surface area contributed by atoms with Crippen LogP contribution < -0.4 is 5.32 Å². The molecular weight excluding hydrogens is 236 g/mol. The predicted molar refractivity (Wildman–Crippen MR) is 64.1 cm³/mol. The Hall–Kier alpha value is -1.14. The number of carbonyl (C=O) groups is 2. The highest BCUT2D eigenvalue weighted by Crippen LogP contribution is 2.21. The van der Waals surface area contributed by atoms with Gasteiger partial charge in [0, 0.05) is 12.5 Å². The fourth-order valence-corrected chi connectivity index (χ4v) is 2.44.